The Kier molecular flexibility index (Phi) is 4.98. The van der Waals surface area contributed by atoms with Crippen LogP contribution in [0, 0.1) is 5.92 Å². The van der Waals surface area contributed by atoms with Crippen LogP contribution < -0.4 is 5.32 Å². The van der Waals surface area contributed by atoms with Crippen LogP contribution in [0.3, 0.4) is 0 Å². The monoisotopic (exact) mass is 288 g/mol. The molecule has 0 spiro atoms. The van der Waals surface area contributed by atoms with E-state index in [1.165, 1.54) is 4.90 Å². The number of likely N-dealkylation sites (N-methyl/N-ethyl adjacent to an activating group) is 1. The van der Waals surface area contributed by atoms with Gasteiger partial charge in [0.1, 0.15) is 6.04 Å². The highest BCUT2D eigenvalue weighted by Gasteiger charge is 2.37. The van der Waals surface area contributed by atoms with E-state index in [4.69, 9.17) is 5.11 Å². The van der Waals surface area contributed by atoms with E-state index in [9.17, 15) is 9.59 Å². The number of carbonyl (C=O) groups excluding carboxylic acids is 1. The number of carboxylic acids is 1. The molecule has 0 heterocycles. The molecule has 5 nitrogen and oxygen atoms in total. The highest BCUT2D eigenvalue weighted by atomic mass is 16.4. The number of carbonyl (C=O) groups is 2. The van der Waals surface area contributed by atoms with Gasteiger partial charge in [0.15, 0.2) is 0 Å². The number of hydrogen-bond acceptors (Lipinski definition) is 2. The van der Waals surface area contributed by atoms with Crippen LogP contribution in [0.1, 0.15) is 18.4 Å². The molecule has 0 aliphatic heterocycles. The Hall–Kier alpha value is -2.30. The molecule has 112 valence electrons. The summed E-state index contributed by atoms with van der Waals surface area (Å²) in [6, 6.07) is 8.67. The summed E-state index contributed by atoms with van der Waals surface area (Å²) in [5.74, 6) is -0.876. The van der Waals surface area contributed by atoms with Gasteiger partial charge in [0.25, 0.3) is 0 Å². The molecule has 2 amide bonds. The molecule has 1 aliphatic carbocycles. The van der Waals surface area contributed by atoms with Gasteiger partial charge in [-0.3, -0.25) is 0 Å². The predicted octanol–water partition coefficient (Wildman–Crippen LogP) is 2.20. The molecule has 0 radical (unpaired) electrons. The molecule has 1 aliphatic rings. The smallest absolute Gasteiger partial charge is 0.326 e. The second-order valence-electron chi connectivity index (χ2n) is 5.30. The van der Waals surface area contributed by atoms with Crippen molar-refractivity contribution < 1.29 is 14.7 Å². The quantitative estimate of drug-likeness (QED) is 0.843. The summed E-state index contributed by atoms with van der Waals surface area (Å²) in [5.41, 5.74) is 1.06. The first-order valence-corrected chi connectivity index (χ1v) is 7.04. The third-order valence-electron chi connectivity index (χ3n) is 3.47. The zero-order chi connectivity index (χ0) is 15.2. The Labute approximate surface area is 124 Å². The van der Waals surface area contributed by atoms with Gasteiger partial charge in [0.05, 0.1) is 0 Å². The molecule has 0 bridgehead atoms. The Balaban J connectivity index is 1.82. The summed E-state index contributed by atoms with van der Waals surface area (Å²) in [7, 11) is 1.65. The van der Waals surface area contributed by atoms with E-state index in [2.05, 4.69) is 5.32 Å². The number of rotatable bonds is 6. The molecule has 0 aromatic heterocycles. The Morgan fingerprint density at radius 3 is 2.62 bits per heavy atom. The Morgan fingerprint density at radius 1 is 1.38 bits per heavy atom. The third-order valence-corrected chi connectivity index (χ3v) is 3.47. The van der Waals surface area contributed by atoms with E-state index < -0.39 is 12.0 Å². The van der Waals surface area contributed by atoms with Crippen molar-refractivity contribution >= 4 is 18.1 Å². The van der Waals surface area contributed by atoms with Crippen LogP contribution in [0.4, 0.5) is 4.79 Å². The largest absolute Gasteiger partial charge is 0.480 e. The minimum atomic E-state index is -0.959. The number of urea groups is 1. The minimum Gasteiger partial charge on any atom is -0.480 e. The molecule has 1 saturated carbocycles. The summed E-state index contributed by atoms with van der Waals surface area (Å²) in [4.78, 5) is 24.5. The fourth-order valence-electron chi connectivity index (χ4n) is 2.05. The molecular weight excluding hydrogens is 268 g/mol. The van der Waals surface area contributed by atoms with Gasteiger partial charge < -0.3 is 15.3 Å². The van der Waals surface area contributed by atoms with Crippen molar-refractivity contribution in [3.05, 3.63) is 42.0 Å². The van der Waals surface area contributed by atoms with Crippen LogP contribution in [0.15, 0.2) is 36.4 Å². The topological polar surface area (TPSA) is 69.6 Å². The summed E-state index contributed by atoms with van der Waals surface area (Å²) >= 11 is 0. The van der Waals surface area contributed by atoms with E-state index in [1.807, 2.05) is 42.5 Å². The van der Waals surface area contributed by atoms with Crippen LogP contribution in [-0.2, 0) is 4.79 Å². The zero-order valence-electron chi connectivity index (χ0n) is 12.0. The summed E-state index contributed by atoms with van der Waals surface area (Å²) in [5, 5.41) is 11.7. The number of nitrogens with zero attached hydrogens (tertiary/aromatic N) is 1. The lowest BCUT2D eigenvalue weighted by Crippen LogP contribution is -2.47. The van der Waals surface area contributed by atoms with Crippen LogP contribution in [-0.4, -0.2) is 41.6 Å². The Morgan fingerprint density at radius 2 is 2.05 bits per heavy atom. The summed E-state index contributed by atoms with van der Waals surface area (Å²) < 4.78 is 0. The molecule has 0 unspecified atom stereocenters. The molecule has 2 rings (SSSR count). The molecule has 1 aromatic carbocycles. The number of hydrogen-bond donors (Lipinski definition) is 2. The van der Waals surface area contributed by atoms with E-state index >= 15 is 0 Å². The number of amides is 2. The van der Waals surface area contributed by atoms with Crippen molar-refractivity contribution in [3.8, 4) is 0 Å². The third kappa shape index (κ3) is 4.63. The van der Waals surface area contributed by atoms with Crippen molar-refractivity contribution in [3.63, 3.8) is 0 Å². The SMILES string of the molecule is CN(C/C=C/c1ccccc1)C(=O)N[C@H](C(=O)O)C1CC1. The van der Waals surface area contributed by atoms with Gasteiger partial charge >= 0.3 is 12.0 Å². The van der Waals surface area contributed by atoms with Gasteiger partial charge in [-0.25, -0.2) is 9.59 Å². The van der Waals surface area contributed by atoms with Gasteiger partial charge in [-0.1, -0.05) is 42.5 Å². The van der Waals surface area contributed by atoms with E-state index in [0.717, 1.165) is 18.4 Å². The molecule has 1 aromatic rings. The lowest BCUT2D eigenvalue weighted by molar-refractivity contribution is -0.139. The van der Waals surface area contributed by atoms with Crippen molar-refractivity contribution in [2.75, 3.05) is 13.6 Å². The van der Waals surface area contributed by atoms with Crippen molar-refractivity contribution in [1.29, 1.82) is 0 Å². The molecule has 21 heavy (non-hydrogen) atoms. The first-order chi connectivity index (χ1) is 10.1. The number of carboxylic acid groups (broad SMARTS) is 1. The number of aliphatic carboxylic acids is 1. The van der Waals surface area contributed by atoms with Gasteiger partial charge in [-0.05, 0) is 24.3 Å². The Bertz CT molecular complexity index is 524. The highest BCUT2D eigenvalue weighted by Crippen LogP contribution is 2.32. The maximum Gasteiger partial charge on any atom is 0.326 e. The molecule has 1 atom stereocenters. The highest BCUT2D eigenvalue weighted by molar-refractivity contribution is 5.83. The first kappa shape index (κ1) is 15.1. The first-order valence-electron chi connectivity index (χ1n) is 7.04. The van der Waals surface area contributed by atoms with Crippen LogP contribution in [0.25, 0.3) is 6.08 Å². The average molecular weight is 288 g/mol. The predicted molar refractivity (Wildman–Crippen MR) is 80.8 cm³/mol. The molecule has 2 N–H and O–H groups in total. The van der Waals surface area contributed by atoms with Crippen LogP contribution in [0.5, 0.6) is 0 Å². The fourth-order valence-corrected chi connectivity index (χ4v) is 2.05. The number of nitrogens with one attached hydrogen (secondary N) is 1. The molecule has 0 saturated heterocycles. The van der Waals surface area contributed by atoms with Crippen molar-refractivity contribution in [1.82, 2.24) is 10.2 Å². The maximum atomic E-state index is 12.0. The summed E-state index contributed by atoms with van der Waals surface area (Å²) in [6.07, 6.45) is 5.55. The van der Waals surface area contributed by atoms with Crippen LogP contribution in [0.2, 0.25) is 0 Å². The van der Waals surface area contributed by atoms with Gasteiger partial charge in [0.2, 0.25) is 0 Å². The summed E-state index contributed by atoms with van der Waals surface area (Å²) in [6.45, 7) is 0.428. The normalized spacial score (nSPS) is 15.7. The lowest BCUT2D eigenvalue weighted by Gasteiger charge is -2.20. The standard InChI is InChI=1S/C16H20N2O3/c1-18(11-5-8-12-6-3-2-4-7-12)16(21)17-14(15(19)20)13-9-10-13/h2-8,13-14H,9-11H2,1H3,(H,17,21)(H,19,20)/b8-5+/t14-/m0/s1. The second kappa shape index (κ2) is 6.92. The van der Waals surface area contributed by atoms with Gasteiger partial charge in [0, 0.05) is 13.6 Å². The second-order valence-corrected chi connectivity index (χ2v) is 5.30. The molecule has 5 heteroatoms. The lowest BCUT2D eigenvalue weighted by atomic mass is 10.2. The van der Waals surface area contributed by atoms with E-state index in [-0.39, 0.29) is 11.9 Å². The zero-order valence-corrected chi connectivity index (χ0v) is 12.0. The minimum absolute atomic E-state index is 0.0831. The van der Waals surface area contributed by atoms with Gasteiger partial charge in [-0.15, -0.1) is 0 Å². The van der Waals surface area contributed by atoms with Crippen LogP contribution >= 0.6 is 0 Å². The van der Waals surface area contributed by atoms with E-state index in [0.29, 0.717) is 6.54 Å². The van der Waals surface area contributed by atoms with Crippen molar-refractivity contribution in [2.45, 2.75) is 18.9 Å². The van der Waals surface area contributed by atoms with Gasteiger partial charge in [-0.2, -0.15) is 0 Å². The number of benzene rings is 1. The van der Waals surface area contributed by atoms with E-state index in [1.54, 1.807) is 7.05 Å². The molecular formula is C16H20N2O3. The molecule has 1 fully saturated rings. The fraction of sp³-hybridized carbons (Fsp3) is 0.375. The maximum absolute atomic E-state index is 12.0. The average Bonchev–Trinajstić information content (AvgIpc) is 3.29. The van der Waals surface area contributed by atoms with Crippen molar-refractivity contribution in [2.24, 2.45) is 5.92 Å².